The molecule has 2 atom stereocenters. The van der Waals surface area contributed by atoms with Gasteiger partial charge in [-0.15, -0.1) is 0 Å². The summed E-state index contributed by atoms with van der Waals surface area (Å²) in [5.41, 5.74) is 3.04. The molecule has 0 aliphatic carbocycles. The molecule has 3 aromatic carbocycles. The molecule has 2 amide bonds. The molecule has 0 aliphatic rings. The maximum atomic E-state index is 13.6. The molecule has 1 N–H and O–H groups in total. The number of hydrogen-bond acceptors (Lipinski definition) is 3. The van der Waals surface area contributed by atoms with E-state index in [2.05, 4.69) is 21.2 Å². The van der Waals surface area contributed by atoms with Crippen molar-refractivity contribution >= 4 is 27.7 Å². The van der Waals surface area contributed by atoms with Crippen molar-refractivity contribution in [2.24, 2.45) is 0 Å². The van der Waals surface area contributed by atoms with Gasteiger partial charge in [0, 0.05) is 23.5 Å². The normalized spacial score (nSPS) is 12.5. The van der Waals surface area contributed by atoms with Crippen molar-refractivity contribution in [3.8, 4) is 5.75 Å². The van der Waals surface area contributed by atoms with E-state index in [0.717, 1.165) is 27.6 Å². The van der Waals surface area contributed by atoms with Gasteiger partial charge in [-0.3, -0.25) is 9.59 Å². The molecule has 0 fully saturated rings. The van der Waals surface area contributed by atoms with Crippen LogP contribution >= 0.6 is 15.9 Å². The SMILES string of the molecule is CC[C@H](C)NC(=O)[C@@H](Cc1ccccc1)N(Cc1ccc(Br)cc1)C(=O)COc1ccc(C)cc1. The minimum atomic E-state index is -0.677. The molecule has 6 heteroatoms. The van der Waals surface area contributed by atoms with E-state index in [0.29, 0.717) is 18.7 Å². The first-order valence-corrected chi connectivity index (χ1v) is 12.7. The smallest absolute Gasteiger partial charge is 0.261 e. The minimum Gasteiger partial charge on any atom is -0.484 e. The number of halogens is 1. The Hall–Kier alpha value is -3.12. The standard InChI is InChI=1S/C29H33BrN2O3/c1-4-22(3)31-29(34)27(18-23-8-6-5-7-9-23)32(19-24-12-14-25(30)15-13-24)28(33)20-35-26-16-10-21(2)11-17-26/h5-17,22,27H,4,18-20H2,1-3H3,(H,31,34)/t22-,27+/m0/s1. The average molecular weight is 537 g/mol. The third kappa shape index (κ3) is 8.25. The molecule has 0 aliphatic heterocycles. The third-order valence-electron chi connectivity index (χ3n) is 5.92. The quantitative estimate of drug-likeness (QED) is 0.342. The number of rotatable bonds is 11. The molecule has 5 nitrogen and oxygen atoms in total. The van der Waals surface area contributed by atoms with Crippen LogP contribution in [0, 0.1) is 6.92 Å². The Labute approximate surface area is 216 Å². The maximum absolute atomic E-state index is 13.6. The molecule has 0 radical (unpaired) electrons. The number of hydrogen-bond donors (Lipinski definition) is 1. The second-order valence-electron chi connectivity index (χ2n) is 8.77. The fourth-order valence-corrected chi connectivity index (χ4v) is 3.91. The summed E-state index contributed by atoms with van der Waals surface area (Å²) in [6.45, 7) is 6.14. The molecule has 0 bridgehead atoms. The van der Waals surface area contributed by atoms with Crippen molar-refractivity contribution in [1.82, 2.24) is 10.2 Å². The highest BCUT2D eigenvalue weighted by atomic mass is 79.9. The van der Waals surface area contributed by atoms with Crippen LogP contribution in [0.2, 0.25) is 0 Å². The van der Waals surface area contributed by atoms with Crippen molar-refractivity contribution in [2.75, 3.05) is 6.61 Å². The molecular formula is C29H33BrN2O3. The molecule has 0 heterocycles. The number of carbonyl (C=O) groups excluding carboxylic acids is 2. The zero-order valence-electron chi connectivity index (χ0n) is 20.5. The van der Waals surface area contributed by atoms with E-state index in [4.69, 9.17) is 4.74 Å². The number of ether oxygens (including phenoxy) is 1. The highest BCUT2D eigenvalue weighted by Crippen LogP contribution is 2.18. The molecule has 0 saturated heterocycles. The predicted molar refractivity (Wildman–Crippen MR) is 143 cm³/mol. The van der Waals surface area contributed by atoms with Gasteiger partial charge in [-0.05, 0) is 55.7 Å². The van der Waals surface area contributed by atoms with E-state index in [1.54, 1.807) is 4.90 Å². The summed E-state index contributed by atoms with van der Waals surface area (Å²) in [6, 6.07) is 24.5. The van der Waals surface area contributed by atoms with Gasteiger partial charge < -0.3 is 15.0 Å². The molecule has 0 aromatic heterocycles. The number of nitrogens with one attached hydrogen (secondary N) is 1. The van der Waals surface area contributed by atoms with Gasteiger partial charge in [0.05, 0.1) is 0 Å². The summed E-state index contributed by atoms with van der Waals surface area (Å²) in [4.78, 5) is 28.7. The monoisotopic (exact) mass is 536 g/mol. The average Bonchev–Trinajstić information content (AvgIpc) is 2.87. The van der Waals surface area contributed by atoms with Crippen LogP contribution < -0.4 is 10.1 Å². The molecule has 0 saturated carbocycles. The lowest BCUT2D eigenvalue weighted by molar-refractivity contribution is -0.143. The van der Waals surface area contributed by atoms with Crippen LogP contribution in [0.1, 0.15) is 37.0 Å². The van der Waals surface area contributed by atoms with Crippen LogP contribution in [0.25, 0.3) is 0 Å². The third-order valence-corrected chi connectivity index (χ3v) is 6.45. The summed E-state index contributed by atoms with van der Waals surface area (Å²) >= 11 is 3.46. The van der Waals surface area contributed by atoms with E-state index < -0.39 is 6.04 Å². The van der Waals surface area contributed by atoms with Gasteiger partial charge in [-0.25, -0.2) is 0 Å². The lowest BCUT2D eigenvalue weighted by Crippen LogP contribution is -2.53. The molecule has 0 unspecified atom stereocenters. The zero-order chi connectivity index (χ0) is 25.2. The van der Waals surface area contributed by atoms with Gasteiger partial charge >= 0.3 is 0 Å². The first-order valence-electron chi connectivity index (χ1n) is 11.9. The topological polar surface area (TPSA) is 58.6 Å². The predicted octanol–water partition coefficient (Wildman–Crippen LogP) is 5.69. The maximum Gasteiger partial charge on any atom is 0.261 e. The number of amides is 2. The molecule has 3 rings (SSSR count). The molecule has 184 valence electrons. The van der Waals surface area contributed by atoms with Crippen LogP contribution in [0.15, 0.2) is 83.3 Å². The Morgan fingerprint density at radius 3 is 2.23 bits per heavy atom. The van der Waals surface area contributed by atoms with Gasteiger partial charge in [-0.2, -0.15) is 0 Å². The second-order valence-corrected chi connectivity index (χ2v) is 9.69. The Morgan fingerprint density at radius 1 is 0.943 bits per heavy atom. The molecule has 35 heavy (non-hydrogen) atoms. The Kier molecular flexibility index (Phi) is 9.91. The van der Waals surface area contributed by atoms with E-state index in [9.17, 15) is 9.59 Å². The fraction of sp³-hybridized carbons (Fsp3) is 0.310. The van der Waals surface area contributed by atoms with Crippen LogP contribution in [0.4, 0.5) is 0 Å². The first kappa shape index (κ1) is 26.5. The summed E-state index contributed by atoms with van der Waals surface area (Å²) in [6.07, 6.45) is 1.22. The highest BCUT2D eigenvalue weighted by molar-refractivity contribution is 9.10. The number of aryl methyl sites for hydroxylation is 1. The fourth-order valence-electron chi connectivity index (χ4n) is 3.64. The summed E-state index contributed by atoms with van der Waals surface area (Å²) < 4.78 is 6.77. The lowest BCUT2D eigenvalue weighted by atomic mass is 10.0. The van der Waals surface area contributed by atoms with Gasteiger partial charge in [0.15, 0.2) is 6.61 Å². The highest BCUT2D eigenvalue weighted by Gasteiger charge is 2.31. The number of benzene rings is 3. The molecular weight excluding hydrogens is 504 g/mol. The van der Waals surface area contributed by atoms with Gasteiger partial charge in [0.1, 0.15) is 11.8 Å². The Morgan fingerprint density at radius 2 is 1.60 bits per heavy atom. The van der Waals surface area contributed by atoms with Crippen molar-refractivity contribution in [3.05, 3.63) is 100 Å². The zero-order valence-corrected chi connectivity index (χ0v) is 22.1. The van der Waals surface area contributed by atoms with Gasteiger partial charge in [-0.1, -0.05) is 83.0 Å². The second kappa shape index (κ2) is 13.1. The van der Waals surface area contributed by atoms with Crippen LogP contribution in [-0.2, 0) is 22.6 Å². The van der Waals surface area contributed by atoms with E-state index in [1.165, 1.54) is 0 Å². The van der Waals surface area contributed by atoms with Crippen molar-refractivity contribution in [2.45, 2.75) is 52.2 Å². The largest absolute Gasteiger partial charge is 0.484 e. The van der Waals surface area contributed by atoms with Crippen molar-refractivity contribution < 1.29 is 14.3 Å². The van der Waals surface area contributed by atoms with Crippen LogP contribution in [-0.4, -0.2) is 35.4 Å². The minimum absolute atomic E-state index is 0.00853. The Balaban J connectivity index is 1.89. The summed E-state index contributed by atoms with van der Waals surface area (Å²) in [5, 5.41) is 3.08. The Bertz CT molecular complexity index is 1090. The van der Waals surface area contributed by atoms with E-state index in [1.807, 2.05) is 99.6 Å². The summed E-state index contributed by atoms with van der Waals surface area (Å²) in [7, 11) is 0. The number of nitrogens with zero attached hydrogens (tertiary/aromatic N) is 1. The lowest BCUT2D eigenvalue weighted by Gasteiger charge is -2.32. The summed E-state index contributed by atoms with van der Waals surface area (Å²) in [5.74, 6) is 0.217. The van der Waals surface area contributed by atoms with Crippen molar-refractivity contribution in [1.29, 1.82) is 0 Å². The van der Waals surface area contributed by atoms with Gasteiger partial charge in [0.2, 0.25) is 5.91 Å². The van der Waals surface area contributed by atoms with Gasteiger partial charge in [0.25, 0.3) is 5.91 Å². The van der Waals surface area contributed by atoms with E-state index in [-0.39, 0.29) is 24.5 Å². The van der Waals surface area contributed by atoms with Crippen molar-refractivity contribution in [3.63, 3.8) is 0 Å². The number of carbonyl (C=O) groups is 2. The molecule has 0 spiro atoms. The molecule has 3 aromatic rings. The first-order chi connectivity index (χ1) is 16.9. The van der Waals surface area contributed by atoms with Crippen LogP contribution in [0.5, 0.6) is 5.75 Å². The van der Waals surface area contributed by atoms with Crippen LogP contribution in [0.3, 0.4) is 0 Å². The van der Waals surface area contributed by atoms with E-state index >= 15 is 0 Å².